The summed E-state index contributed by atoms with van der Waals surface area (Å²) in [6, 6.07) is 0. The van der Waals surface area contributed by atoms with E-state index in [0.717, 1.165) is 18.3 Å². The first-order valence-corrected chi connectivity index (χ1v) is 7.13. The van der Waals surface area contributed by atoms with Crippen molar-refractivity contribution in [1.82, 2.24) is 0 Å². The molecular weight excluding hydrogens is 220 g/mol. The van der Waals surface area contributed by atoms with Crippen molar-refractivity contribution in [2.75, 3.05) is 0 Å². The fourth-order valence-electron chi connectivity index (χ4n) is 3.26. The molecule has 0 aromatic carbocycles. The molecule has 18 heavy (non-hydrogen) atoms. The third-order valence-electron chi connectivity index (χ3n) is 4.94. The van der Waals surface area contributed by atoms with E-state index in [-0.39, 0.29) is 11.2 Å². The number of hydrogen-bond acceptors (Lipinski definition) is 1. The zero-order valence-electron chi connectivity index (χ0n) is 12.4. The van der Waals surface area contributed by atoms with E-state index in [4.69, 9.17) is 0 Å². The smallest absolute Gasteiger partial charge is 0.160 e. The highest BCUT2D eigenvalue weighted by Gasteiger charge is 2.50. The van der Waals surface area contributed by atoms with Crippen LogP contribution in [-0.2, 0) is 4.79 Å². The van der Waals surface area contributed by atoms with Crippen LogP contribution in [0.4, 0.5) is 0 Å². The largest absolute Gasteiger partial charge is 0.294 e. The van der Waals surface area contributed by atoms with Crippen molar-refractivity contribution in [3.8, 4) is 0 Å². The van der Waals surface area contributed by atoms with Crippen LogP contribution < -0.4 is 0 Å². The van der Waals surface area contributed by atoms with E-state index < -0.39 is 0 Å². The van der Waals surface area contributed by atoms with Gasteiger partial charge in [-0.15, -0.1) is 0 Å². The van der Waals surface area contributed by atoms with Gasteiger partial charge in [-0.25, -0.2) is 0 Å². The standard InChI is InChI=1S/C17H26O/c1-16(2,3)15(18)8-6-7-12-9-10-13-11-14(12)17(13,4)5/h6,8-9,13-14H,7,10-11H2,1-5H3. The van der Waals surface area contributed by atoms with Crippen LogP contribution in [0, 0.1) is 22.7 Å². The fourth-order valence-corrected chi connectivity index (χ4v) is 3.26. The Hall–Kier alpha value is -0.850. The molecule has 0 heterocycles. The molecular formula is C17H26O. The van der Waals surface area contributed by atoms with E-state index in [2.05, 4.69) is 26.0 Å². The maximum atomic E-state index is 11.8. The lowest BCUT2D eigenvalue weighted by Crippen LogP contribution is -2.47. The van der Waals surface area contributed by atoms with E-state index in [1.807, 2.05) is 20.8 Å². The molecule has 0 aromatic rings. The molecule has 0 N–H and O–H groups in total. The van der Waals surface area contributed by atoms with Gasteiger partial charge in [-0.3, -0.25) is 4.79 Å². The van der Waals surface area contributed by atoms with Gasteiger partial charge in [0.25, 0.3) is 0 Å². The maximum Gasteiger partial charge on any atom is 0.160 e. The van der Waals surface area contributed by atoms with Crippen molar-refractivity contribution in [3.63, 3.8) is 0 Å². The second kappa shape index (κ2) is 4.36. The first-order chi connectivity index (χ1) is 8.23. The zero-order chi connectivity index (χ0) is 13.6. The number of ketones is 1. The molecule has 2 unspecified atom stereocenters. The Balaban J connectivity index is 1.94. The second-order valence-corrected chi connectivity index (χ2v) is 7.54. The molecule has 2 atom stereocenters. The minimum Gasteiger partial charge on any atom is -0.294 e. The van der Waals surface area contributed by atoms with Gasteiger partial charge in [0.1, 0.15) is 0 Å². The molecule has 0 saturated heterocycles. The van der Waals surface area contributed by atoms with Crippen molar-refractivity contribution in [3.05, 3.63) is 23.8 Å². The predicted molar refractivity (Wildman–Crippen MR) is 76.3 cm³/mol. The van der Waals surface area contributed by atoms with Crippen molar-refractivity contribution in [1.29, 1.82) is 0 Å². The molecule has 3 aliphatic carbocycles. The second-order valence-electron chi connectivity index (χ2n) is 7.54. The number of carbonyl (C=O) groups is 1. The van der Waals surface area contributed by atoms with E-state index >= 15 is 0 Å². The van der Waals surface area contributed by atoms with Gasteiger partial charge >= 0.3 is 0 Å². The molecule has 1 heteroatoms. The van der Waals surface area contributed by atoms with Crippen molar-refractivity contribution >= 4 is 5.78 Å². The summed E-state index contributed by atoms with van der Waals surface area (Å²) in [5, 5.41) is 0. The highest BCUT2D eigenvalue weighted by Crippen LogP contribution is 2.59. The molecule has 1 fully saturated rings. The van der Waals surface area contributed by atoms with Crippen LogP contribution in [-0.4, -0.2) is 5.78 Å². The first kappa shape index (κ1) is 13.6. The molecule has 1 nitrogen and oxygen atoms in total. The average molecular weight is 246 g/mol. The maximum absolute atomic E-state index is 11.8. The summed E-state index contributed by atoms with van der Waals surface area (Å²) in [6.07, 6.45) is 9.81. The zero-order valence-corrected chi connectivity index (χ0v) is 12.4. The Morgan fingerprint density at radius 3 is 2.61 bits per heavy atom. The molecule has 0 amide bonds. The summed E-state index contributed by atoms with van der Waals surface area (Å²) in [6.45, 7) is 10.7. The van der Waals surface area contributed by atoms with Crippen LogP contribution in [0.25, 0.3) is 0 Å². The summed E-state index contributed by atoms with van der Waals surface area (Å²) in [7, 11) is 0. The quantitative estimate of drug-likeness (QED) is 0.528. The Morgan fingerprint density at radius 2 is 2.11 bits per heavy atom. The van der Waals surface area contributed by atoms with Crippen LogP contribution in [0.5, 0.6) is 0 Å². The lowest BCUT2D eigenvalue weighted by Gasteiger charge is -2.56. The number of carbonyl (C=O) groups excluding carboxylic acids is 1. The monoisotopic (exact) mass is 246 g/mol. The minimum absolute atomic E-state index is 0.227. The number of rotatable bonds is 3. The summed E-state index contributed by atoms with van der Waals surface area (Å²) in [4.78, 5) is 11.8. The molecule has 0 aromatic heterocycles. The Morgan fingerprint density at radius 1 is 1.44 bits per heavy atom. The molecule has 1 saturated carbocycles. The van der Waals surface area contributed by atoms with Gasteiger partial charge in [0, 0.05) is 5.41 Å². The summed E-state index contributed by atoms with van der Waals surface area (Å²) >= 11 is 0. The molecule has 2 bridgehead atoms. The van der Waals surface area contributed by atoms with Gasteiger partial charge in [0.05, 0.1) is 0 Å². The molecule has 0 spiro atoms. The van der Waals surface area contributed by atoms with Crippen LogP contribution >= 0.6 is 0 Å². The third-order valence-corrected chi connectivity index (χ3v) is 4.94. The van der Waals surface area contributed by atoms with Crippen LogP contribution in [0.2, 0.25) is 0 Å². The van der Waals surface area contributed by atoms with Crippen molar-refractivity contribution in [2.45, 2.75) is 53.9 Å². The molecule has 3 aliphatic rings. The Labute approximate surface area is 111 Å². The lowest BCUT2D eigenvalue weighted by atomic mass is 9.48. The van der Waals surface area contributed by atoms with Gasteiger partial charge in [0.2, 0.25) is 0 Å². The van der Waals surface area contributed by atoms with Gasteiger partial charge in [-0.2, -0.15) is 0 Å². The fraction of sp³-hybridized carbons (Fsp3) is 0.706. The summed E-state index contributed by atoms with van der Waals surface area (Å²) < 4.78 is 0. The first-order valence-electron chi connectivity index (χ1n) is 7.13. The van der Waals surface area contributed by atoms with Gasteiger partial charge < -0.3 is 0 Å². The molecule has 100 valence electrons. The van der Waals surface area contributed by atoms with Gasteiger partial charge in [0.15, 0.2) is 5.78 Å². The van der Waals surface area contributed by atoms with Crippen LogP contribution in [0.3, 0.4) is 0 Å². The van der Waals surface area contributed by atoms with Crippen LogP contribution in [0.15, 0.2) is 23.8 Å². The van der Waals surface area contributed by atoms with Gasteiger partial charge in [-0.05, 0) is 42.6 Å². The number of fused-ring (bicyclic) bond motifs is 1. The van der Waals surface area contributed by atoms with Crippen LogP contribution in [0.1, 0.15) is 53.9 Å². The van der Waals surface area contributed by atoms with E-state index in [9.17, 15) is 4.79 Å². The van der Waals surface area contributed by atoms with E-state index in [0.29, 0.717) is 5.41 Å². The highest BCUT2D eigenvalue weighted by molar-refractivity contribution is 5.93. The van der Waals surface area contributed by atoms with E-state index in [1.54, 1.807) is 11.6 Å². The summed E-state index contributed by atoms with van der Waals surface area (Å²) in [5.74, 6) is 1.88. The lowest BCUT2D eigenvalue weighted by molar-refractivity contribution is -0.121. The Bertz CT molecular complexity index is 404. The Kier molecular flexibility index (Phi) is 3.29. The molecule has 0 radical (unpaired) electrons. The summed E-state index contributed by atoms with van der Waals surface area (Å²) in [5.41, 5.74) is 1.80. The van der Waals surface area contributed by atoms with Crippen molar-refractivity contribution in [2.24, 2.45) is 22.7 Å². The SMILES string of the molecule is CC(C)(C)C(=O)C=CCC1=CCC2CC1C2(C)C. The van der Waals surface area contributed by atoms with E-state index in [1.165, 1.54) is 12.8 Å². The number of allylic oxidation sites excluding steroid dienone is 4. The number of hydrogen-bond donors (Lipinski definition) is 0. The molecule has 3 rings (SSSR count). The highest BCUT2D eigenvalue weighted by atomic mass is 16.1. The normalized spacial score (nSPS) is 29.9. The molecule has 0 aliphatic heterocycles. The minimum atomic E-state index is -0.252. The predicted octanol–water partition coefficient (Wildman–Crippen LogP) is 4.54. The average Bonchev–Trinajstić information content (AvgIpc) is 2.27. The third kappa shape index (κ3) is 2.32. The topological polar surface area (TPSA) is 17.1 Å². The van der Waals surface area contributed by atoms with Crippen molar-refractivity contribution < 1.29 is 4.79 Å². The van der Waals surface area contributed by atoms with Gasteiger partial charge in [-0.1, -0.05) is 52.3 Å².